The third-order valence-corrected chi connectivity index (χ3v) is 4.27. The molecule has 5 heteroatoms. The highest BCUT2D eigenvalue weighted by Crippen LogP contribution is 2.21. The average molecular weight is 365 g/mol. The molecule has 2 aromatic carbocycles. The second-order valence-electron chi connectivity index (χ2n) is 6.48. The normalized spacial score (nSPS) is 11.8. The van der Waals surface area contributed by atoms with E-state index < -0.39 is 6.10 Å². The lowest BCUT2D eigenvalue weighted by atomic mass is 10.1. The van der Waals surface area contributed by atoms with Crippen LogP contribution in [-0.2, 0) is 17.9 Å². The molecule has 1 amide bonds. The lowest BCUT2D eigenvalue weighted by molar-refractivity contribution is -0.139. The standard InChI is InChI=1S/C22H23NO4/c1-16-9-11-19(12-10-16)27-17(2)22(25)23(15-20-7-5-13-26-20)14-18-6-3-4-8-21(18)24/h3-13,17,24H,14-15H2,1-2H3/t17-/m0/s1. The molecule has 0 saturated heterocycles. The number of benzene rings is 2. The average Bonchev–Trinajstić information content (AvgIpc) is 3.17. The van der Waals surface area contributed by atoms with Crippen molar-refractivity contribution in [3.8, 4) is 11.5 Å². The number of phenols is 1. The van der Waals surface area contributed by atoms with Gasteiger partial charge in [0.2, 0.25) is 0 Å². The number of hydrogen-bond donors (Lipinski definition) is 1. The van der Waals surface area contributed by atoms with Crippen LogP contribution in [0.15, 0.2) is 71.3 Å². The highest BCUT2D eigenvalue weighted by molar-refractivity contribution is 5.81. The molecule has 0 aliphatic heterocycles. The van der Waals surface area contributed by atoms with E-state index in [1.54, 1.807) is 42.4 Å². The predicted molar refractivity (Wildman–Crippen MR) is 102 cm³/mol. The Balaban J connectivity index is 1.76. The molecule has 140 valence electrons. The first kappa shape index (κ1) is 18.6. The predicted octanol–water partition coefficient (Wildman–Crippen LogP) is 4.29. The largest absolute Gasteiger partial charge is 0.508 e. The summed E-state index contributed by atoms with van der Waals surface area (Å²) in [6.07, 6.45) is 0.901. The van der Waals surface area contributed by atoms with Gasteiger partial charge in [0.1, 0.15) is 17.3 Å². The van der Waals surface area contributed by atoms with E-state index in [4.69, 9.17) is 9.15 Å². The third kappa shape index (κ3) is 4.91. The lowest BCUT2D eigenvalue weighted by Crippen LogP contribution is -2.39. The number of furan rings is 1. The number of carbonyl (C=O) groups is 1. The van der Waals surface area contributed by atoms with Crippen LogP contribution in [0.2, 0.25) is 0 Å². The van der Waals surface area contributed by atoms with Gasteiger partial charge in [-0.2, -0.15) is 0 Å². The Morgan fingerprint density at radius 2 is 1.81 bits per heavy atom. The second-order valence-corrected chi connectivity index (χ2v) is 6.48. The Hall–Kier alpha value is -3.21. The first-order chi connectivity index (χ1) is 13.0. The van der Waals surface area contributed by atoms with E-state index in [-0.39, 0.29) is 18.2 Å². The minimum Gasteiger partial charge on any atom is -0.508 e. The van der Waals surface area contributed by atoms with Gasteiger partial charge >= 0.3 is 0 Å². The molecule has 1 heterocycles. The van der Waals surface area contributed by atoms with Gasteiger partial charge in [0.15, 0.2) is 6.10 Å². The van der Waals surface area contributed by atoms with Gasteiger partial charge in [-0.3, -0.25) is 4.79 Å². The molecule has 0 bridgehead atoms. The minimum atomic E-state index is -0.673. The van der Waals surface area contributed by atoms with Crippen molar-refractivity contribution in [2.45, 2.75) is 33.0 Å². The summed E-state index contributed by atoms with van der Waals surface area (Å²) >= 11 is 0. The molecule has 0 spiro atoms. The van der Waals surface area contributed by atoms with Gasteiger partial charge in [0.05, 0.1) is 12.8 Å². The second kappa shape index (κ2) is 8.45. The SMILES string of the molecule is Cc1ccc(O[C@@H](C)C(=O)N(Cc2ccco2)Cc2ccccc2O)cc1. The van der Waals surface area contributed by atoms with Gasteiger partial charge in [-0.1, -0.05) is 35.9 Å². The molecule has 0 fully saturated rings. The van der Waals surface area contributed by atoms with Crippen molar-refractivity contribution in [3.63, 3.8) is 0 Å². The maximum atomic E-state index is 13.0. The lowest BCUT2D eigenvalue weighted by Gasteiger charge is -2.26. The zero-order chi connectivity index (χ0) is 19.2. The van der Waals surface area contributed by atoms with Crippen LogP contribution in [0.5, 0.6) is 11.5 Å². The van der Waals surface area contributed by atoms with Crippen molar-refractivity contribution in [1.82, 2.24) is 4.90 Å². The number of nitrogens with zero attached hydrogens (tertiary/aromatic N) is 1. The van der Waals surface area contributed by atoms with E-state index in [9.17, 15) is 9.90 Å². The molecular formula is C22H23NO4. The van der Waals surface area contributed by atoms with Crippen LogP contribution in [0.25, 0.3) is 0 Å². The number of para-hydroxylation sites is 1. The monoisotopic (exact) mass is 365 g/mol. The molecule has 3 aromatic rings. The number of ether oxygens (including phenoxy) is 1. The maximum Gasteiger partial charge on any atom is 0.264 e. The molecule has 0 unspecified atom stereocenters. The summed E-state index contributed by atoms with van der Waals surface area (Å²) in [6, 6.07) is 18.2. The maximum absolute atomic E-state index is 13.0. The Morgan fingerprint density at radius 3 is 2.48 bits per heavy atom. The molecule has 1 N–H and O–H groups in total. The fourth-order valence-corrected chi connectivity index (χ4v) is 2.78. The number of carbonyl (C=O) groups excluding carboxylic acids is 1. The zero-order valence-corrected chi connectivity index (χ0v) is 15.5. The van der Waals surface area contributed by atoms with E-state index in [1.165, 1.54) is 0 Å². The van der Waals surface area contributed by atoms with Crippen LogP contribution >= 0.6 is 0 Å². The molecule has 27 heavy (non-hydrogen) atoms. The van der Waals surface area contributed by atoms with Crippen LogP contribution in [-0.4, -0.2) is 22.0 Å². The first-order valence-corrected chi connectivity index (χ1v) is 8.84. The molecule has 0 radical (unpaired) electrons. The number of amides is 1. The van der Waals surface area contributed by atoms with Crippen LogP contribution in [0.1, 0.15) is 23.8 Å². The molecule has 3 rings (SSSR count). The summed E-state index contributed by atoms with van der Waals surface area (Å²) in [7, 11) is 0. The van der Waals surface area contributed by atoms with Crippen LogP contribution in [0, 0.1) is 6.92 Å². The molecule has 1 aromatic heterocycles. The van der Waals surface area contributed by atoms with E-state index in [2.05, 4.69) is 0 Å². The Labute approximate surface area is 158 Å². The van der Waals surface area contributed by atoms with E-state index >= 15 is 0 Å². The quantitative estimate of drug-likeness (QED) is 0.678. The van der Waals surface area contributed by atoms with E-state index in [0.29, 0.717) is 23.6 Å². The first-order valence-electron chi connectivity index (χ1n) is 8.84. The van der Waals surface area contributed by atoms with Crippen molar-refractivity contribution >= 4 is 5.91 Å². The van der Waals surface area contributed by atoms with Gasteiger partial charge in [-0.05, 0) is 44.2 Å². The number of hydrogen-bond acceptors (Lipinski definition) is 4. The molecular weight excluding hydrogens is 342 g/mol. The van der Waals surface area contributed by atoms with E-state index in [1.807, 2.05) is 43.3 Å². The highest BCUT2D eigenvalue weighted by Gasteiger charge is 2.24. The smallest absolute Gasteiger partial charge is 0.264 e. The van der Waals surface area contributed by atoms with Gasteiger partial charge in [0, 0.05) is 12.1 Å². The van der Waals surface area contributed by atoms with Crippen molar-refractivity contribution in [3.05, 3.63) is 83.8 Å². The molecule has 5 nitrogen and oxygen atoms in total. The fraction of sp³-hybridized carbons (Fsp3) is 0.227. The third-order valence-electron chi connectivity index (χ3n) is 4.27. The number of rotatable bonds is 7. The number of phenolic OH excluding ortho intramolecular Hbond substituents is 1. The Kier molecular flexibility index (Phi) is 5.81. The van der Waals surface area contributed by atoms with Crippen LogP contribution in [0.4, 0.5) is 0 Å². The van der Waals surface area contributed by atoms with Crippen LogP contribution < -0.4 is 4.74 Å². The summed E-state index contributed by atoms with van der Waals surface area (Å²) in [5.41, 5.74) is 1.79. The summed E-state index contributed by atoms with van der Waals surface area (Å²) in [5, 5.41) is 10.1. The van der Waals surface area contributed by atoms with Crippen molar-refractivity contribution in [1.29, 1.82) is 0 Å². The van der Waals surface area contributed by atoms with Crippen molar-refractivity contribution in [2.75, 3.05) is 0 Å². The summed E-state index contributed by atoms with van der Waals surface area (Å²) in [4.78, 5) is 14.7. The number of aromatic hydroxyl groups is 1. The summed E-state index contributed by atoms with van der Waals surface area (Å²) < 4.78 is 11.2. The van der Waals surface area contributed by atoms with Crippen molar-refractivity contribution < 1.29 is 19.1 Å². The van der Waals surface area contributed by atoms with Crippen molar-refractivity contribution in [2.24, 2.45) is 0 Å². The molecule has 1 atom stereocenters. The van der Waals surface area contributed by atoms with E-state index in [0.717, 1.165) is 5.56 Å². The fourth-order valence-electron chi connectivity index (χ4n) is 2.78. The summed E-state index contributed by atoms with van der Waals surface area (Å²) in [6.45, 7) is 4.27. The molecule has 0 saturated carbocycles. The Bertz CT molecular complexity index is 872. The van der Waals surface area contributed by atoms with Gasteiger partial charge in [0.25, 0.3) is 5.91 Å². The minimum absolute atomic E-state index is 0.154. The molecule has 0 aliphatic carbocycles. The Morgan fingerprint density at radius 1 is 1.07 bits per heavy atom. The summed E-state index contributed by atoms with van der Waals surface area (Å²) in [5.74, 6) is 1.28. The van der Waals surface area contributed by atoms with Crippen LogP contribution in [0.3, 0.4) is 0 Å². The topological polar surface area (TPSA) is 62.9 Å². The van der Waals surface area contributed by atoms with Gasteiger partial charge < -0.3 is 19.2 Å². The van der Waals surface area contributed by atoms with Gasteiger partial charge in [-0.15, -0.1) is 0 Å². The molecule has 0 aliphatic rings. The zero-order valence-electron chi connectivity index (χ0n) is 15.5. The highest BCUT2D eigenvalue weighted by atomic mass is 16.5. The number of aryl methyl sites for hydroxylation is 1. The van der Waals surface area contributed by atoms with Gasteiger partial charge in [-0.25, -0.2) is 0 Å².